The second kappa shape index (κ2) is 5.76. The van der Waals surface area contributed by atoms with E-state index < -0.39 is 0 Å². The molecule has 0 bridgehead atoms. The summed E-state index contributed by atoms with van der Waals surface area (Å²) < 4.78 is 0. The van der Waals surface area contributed by atoms with Crippen LogP contribution in [0.2, 0.25) is 0 Å². The lowest BCUT2D eigenvalue weighted by molar-refractivity contribution is 0.431. The van der Waals surface area contributed by atoms with Gasteiger partial charge < -0.3 is 10.4 Å². The first kappa shape index (κ1) is 12.1. The average molecular weight is 207 g/mol. The lowest BCUT2D eigenvalue weighted by Gasteiger charge is -2.21. The van der Waals surface area contributed by atoms with Crippen LogP contribution in [-0.2, 0) is 0 Å². The number of rotatable bonds is 5. The first-order valence-electron chi connectivity index (χ1n) is 5.72. The Hall–Kier alpha value is -1.02. The van der Waals surface area contributed by atoms with Gasteiger partial charge in [-0.25, -0.2) is 0 Å². The summed E-state index contributed by atoms with van der Waals surface area (Å²) in [5.74, 6) is 0.327. The van der Waals surface area contributed by atoms with Crippen molar-refractivity contribution in [1.29, 1.82) is 0 Å². The van der Waals surface area contributed by atoms with E-state index >= 15 is 0 Å². The molecule has 15 heavy (non-hydrogen) atoms. The molecule has 2 N–H and O–H groups in total. The van der Waals surface area contributed by atoms with Crippen molar-refractivity contribution in [2.45, 2.75) is 45.7 Å². The zero-order valence-corrected chi connectivity index (χ0v) is 9.83. The van der Waals surface area contributed by atoms with Gasteiger partial charge in [-0.3, -0.25) is 0 Å². The lowest BCUT2D eigenvalue weighted by atomic mass is 10.1. The summed E-state index contributed by atoms with van der Waals surface area (Å²) in [6, 6.07) is 8.33. The van der Waals surface area contributed by atoms with Crippen LogP contribution in [0.25, 0.3) is 0 Å². The molecule has 0 amide bonds. The first-order valence-corrected chi connectivity index (χ1v) is 5.72. The van der Waals surface area contributed by atoms with Gasteiger partial charge in [-0.2, -0.15) is 0 Å². The maximum atomic E-state index is 9.19. The van der Waals surface area contributed by atoms with Crippen molar-refractivity contribution in [2.24, 2.45) is 0 Å². The molecule has 1 aromatic rings. The molecule has 84 valence electrons. The molecule has 0 radical (unpaired) electrons. The van der Waals surface area contributed by atoms with Crippen molar-refractivity contribution in [3.05, 3.63) is 29.8 Å². The Kier molecular flexibility index (Phi) is 4.63. The molecule has 0 spiro atoms. The Morgan fingerprint density at radius 1 is 1.13 bits per heavy atom. The van der Waals surface area contributed by atoms with Gasteiger partial charge in [0.15, 0.2) is 0 Å². The molecule has 0 aliphatic heterocycles. The molecule has 2 nitrogen and oxygen atoms in total. The summed E-state index contributed by atoms with van der Waals surface area (Å²) in [6.07, 6.45) is 2.30. The highest BCUT2D eigenvalue weighted by Crippen LogP contribution is 2.17. The molecule has 0 saturated carbocycles. The zero-order chi connectivity index (χ0) is 11.3. The SMILES string of the molecule is CCC(CC)NC(C)c1ccc(O)cc1. The minimum atomic E-state index is 0.327. The second-order valence-electron chi connectivity index (χ2n) is 3.99. The quantitative estimate of drug-likeness (QED) is 0.777. The van der Waals surface area contributed by atoms with Crippen LogP contribution in [0.15, 0.2) is 24.3 Å². The van der Waals surface area contributed by atoms with Crippen molar-refractivity contribution >= 4 is 0 Å². The maximum absolute atomic E-state index is 9.19. The highest BCUT2D eigenvalue weighted by Gasteiger charge is 2.09. The van der Waals surface area contributed by atoms with E-state index in [9.17, 15) is 5.11 Å². The third kappa shape index (κ3) is 3.56. The number of nitrogens with one attached hydrogen (secondary N) is 1. The highest BCUT2D eigenvalue weighted by molar-refractivity contribution is 5.27. The number of hydrogen-bond donors (Lipinski definition) is 2. The Labute approximate surface area is 92.3 Å². The van der Waals surface area contributed by atoms with Gasteiger partial charge in [-0.1, -0.05) is 26.0 Å². The van der Waals surface area contributed by atoms with Crippen LogP contribution in [0.1, 0.15) is 45.2 Å². The summed E-state index contributed by atoms with van der Waals surface area (Å²) in [5.41, 5.74) is 1.22. The summed E-state index contributed by atoms with van der Waals surface area (Å²) in [7, 11) is 0. The Bertz CT molecular complexity index is 277. The van der Waals surface area contributed by atoms with Gasteiger partial charge in [-0.05, 0) is 37.5 Å². The van der Waals surface area contributed by atoms with Crippen molar-refractivity contribution in [3.8, 4) is 5.75 Å². The predicted molar refractivity (Wildman–Crippen MR) is 64.0 cm³/mol. The number of benzene rings is 1. The van der Waals surface area contributed by atoms with E-state index in [1.807, 2.05) is 12.1 Å². The van der Waals surface area contributed by atoms with Crippen LogP contribution in [-0.4, -0.2) is 11.1 Å². The van der Waals surface area contributed by atoms with Crippen LogP contribution in [0, 0.1) is 0 Å². The number of phenols is 1. The third-order valence-corrected chi connectivity index (χ3v) is 2.86. The Balaban J connectivity index is 2.60. The number of hydrogen-bond acceptors (Lipinski definition) is 2. The topological polar surface area (TPSA) is 32.3 Å². The van der Waals surface area contributed by atoms with Crippen molar-refractivity contribution in [2.75, 3.05) is 0 Å². The zero-order valence-electron chi connectivity index (χ0n) is 9.83. The van der Waals surface area contributed by atoms with E-state index in [1.54, 1.807) is 12.1 Å². The normalized spacial score (nSPS) is 13.1. The molecule has 0 aliphatic carbocycles. The van der Waals surface area contributed by atoms with Crippen LogP contribution >= 0.6 is 0 Å². The predicted octanol–water partition coefficient (Wildman–Crippen LogP) is 3.23. The van der Waals surface area contributed by atoms with Gasteiger partial charge in [0.2, 0.25) is 0 Å². The summed E-state index contributed by atoms with van der Waals surface area (Å²) in [4.78, 5) is 0. The van der Waals surface area contributed by atoms with E-state index in [4.69, 9.17) is 0 Å². The molecule has 1 rings (SSSR count). The first-order chi connectivity index (χ1) is 7.17. The summed E-state index contributed by atoms with van der Waals surface area (Å²) in [5, 5.41) is 12.8. The Morgan fingerprint density at radius 2 is 1.67 bits per heavy atom. The molecule has 1 atom stereocenters. The monoisotopic (exact) mass is 207 g/mol. The minimum Gasteiger partial charge on any atom is -0.508 e. The highest BCUT2D eigenvalue weighted by atomic mass is 16.3. The smallest absolute Gasteiger partial charge is 0.115 e. The average Bonchev–Trinajstić information content (AvgIpc) is 2.26. The number of aromatic hydroxyl groups is 1. The molecular formula is C13H21NO. The fourth-order valence-corrected chi connectivity index (χ4v) is 1.74. The standard InChI is InChI=1S/C13H21NO/c1-4-12(5-2)14-10(3)11-6-8-13(15)9-7-11/h6-10,12,14-15H,4-5H2,1-3H3. The van der Waals surface area contributed by atoms with Gasteiger partial charge in [-0.15, -0.1) is 0 Å². The Morgan fingerprint density at radius 3 is 2.13 bits per heavy atom. The largest absolute Gasteiger partial charge is 0.508 e. The van der Waals surface area contributed by atoms with Gasteiger partial charge in [0.1, 0.15) is 5.75 Å². The summed E-state index contributed by atoms with van der Waals surface area (Å²) in [6.45, 7) is 6.56. The van der Waals surface area contributed by atoms with Gasteiger partial charge in [0.25, 0.3) is 0 Å². The van der Waals surface area contributed by atoms with Crippen LogP contribution in [0.3, 0.4) is 0 Å². The molecule has 0 aliphatic rings. The van der Waals surface area contributed by atoms with Crippen molar-refractivity contribution in [3.63, 3.8) is 0 Å². The summed E-state index contributed by atoms with van der Waals surface area (Å²) >= 11 is 0. The van der Waals surface area contributed by atoms with E-state index in [1.165, 1.54) is 5.56 Å². The second-order valence-corrected chi connectivity index (χ2v) is 3.99. The number of phenolic OH excluding ortho intramolecular Hbond substituents is 1. The molecule has 1 aromatic carbocycles. The fourth-order valence-electron chi connectivity index (χ4n) is 1.74. The lowest BCUT2D eigenvalue weighted by Crippen LogP contribution is -2.30. The molecule has 0 fully saturated rings. The van der Waals surface area contributed by atoms with Crippen molar-refractivity contribution < 1.29 is 5.11 Å². The van der Waals surface area contributed by atoms with E-state index in [2.05, 4.69) is 26.1 Å². The van der Waals surface area contributed by atoms with E-state index in [0.29, 0.717) is 17.8 Å². The van der Waals surface area contributed by atoms with Gasteiger partial charge >= 0.3 is 0 Å². The van der Waals surface area contributed by atoms with Crippen LogP contribution in [0.4, 0.5) is 0 Å². The minimum absolute atomic E-state index is 0.327. The van der Waals surface area contributed by atoms with Gasteiger partial charge in [0, 0.05) is 12.1 Å². The fraction of sp³-hybridized carbons (Fsp3) is 0.538. The molecule has 1 unspecified atom stereocenters. The van der Waals surface area contributed by atoms with Crippen LogP contribution in [0.5, 0.6) is 5.75 Å². The molecule has 2 heteroatoms. The molecule has 0 heterocycles. The molecule has 0 saturated heterocycles. The van der Waals surface area contributed by atoms with Gasteiger partial charge in [0.05, 0.1) is 0 Å². The van der Waals surface area contributed by atoms with E-state index in [-0.39, 0.29) is 0 Å². The van der Waals surface area contributed by atoms with Crippen molar-refractivity contribution in [1.82, 2.24) is 5.32 Å². The maximum Gasteiger partial charge on any atom is 0.115 e. The molecule has 0 aromatic heterocycles. The third-order valence-electron chi connectivity index (χ3n) is 2.86. The van der Waals surface area contributed by atoms with E-state index in [0.717, 1.165) is 12.8 Å². The molecular weight excluding hydrogens is 186 g/mol. The van der Waals surface area contributed by atoms with Crippen LogP contribution < -0.4 is 5.32 Å².